The molecule has 0 aliphatic carbocycles. The Balaban J connectivity index is 1.13. The zero-order chi connectivity index (χ0) is 49.0. The summed E-state index contributed by atoms with van der Waals surface area (Å²) in [5, 5.41) is 0. The maximum Gasteiger partial charge on any atom is 0.261 e. The van der Waals surface area contributed by atoms with Crippen LogP contribution in [-0.4, -0.2) is 34.7 Å². The highest BCUT2D eigenvalue weighted by molar-refractivity contribution is 7.24. The average molecular weight is 1010 g/mol. The Morgan fingerprint density at radius 1 is 0.371 bits per heavy atom. The number of carbonyl (C=O) groups is 2. The maximum absolute atomic E-state index is 15.4. The molecule has 0 radical (unpaired) electrons. The lowest BCUT2D eigenvalue weighted by Gasteiger charge is -2.29. The summed E-state index contributed by atoms with van der Waals surface area (Å²) in [6, 6.07) is 35.7. The molecule has 0 bridgehead atoms. The molecule has 8 heteroatoms. The Morgan fingerprint density at radius 3 is 1.09 bits per heavy atom. The third-order valence-electron chi connectivity index (χ3n) is 14.6. The summed E-state index contributed by atoms with van der Waals surface area (Å²) < 4.78 is 0. The van der Waals surface area contributed by atoms with E-state index in [1.165, 1.54) is 90.4 Å². The van der Waals surface area contributed by atoms with Crippen LogP contribution in [0.2, 0.25) is 0 Å². The molecule has 6 heterocycles. The molecule has 8 rings (SSSR count). The summed E-state index contributed by atoms with van der Waals surface area (Å²) in [5.74, 6) is 0.610. The first-order valence-corrected chi connectivity index (χ1v) is 30.3. The molecule has 370 valence electrons. The van der Waals surface area contributed by atoms with Gasteiger partial charge in [0.05, 0.1) is 22.5 Å². The first-order chi connectivity index (χ1) is 34.3. The van der Waals surface area contributed by atoms with E-state index < -0.39 is 0 Å². The minimum Gasteiger partial charge on any atom is -0.307 e. The molecular weight excluding hydrogens is 933 g/mol. The Labute approximate surface area is 436 Å². The van der Waals surface area contributed by atoms with Crippen LogP contribution in [0, 0.1) is 11.8 Å². The second kappa shape index (κ2) is 25.4. The standard InChI is InChI=1S/C62H76N2O2S4/c1-7-13-17-19-23-49-33-35-53(67-49)55-39-37-51(69-55)45-25-29-47(30-26-45)59-57-58(62(66)63(59)41-43(11-5)21-15-9-3)60(64(61(57)65)42-44(12-6)22-16-10-4)48-31-27-46(28-32-48)52-38-40-56(70-52)54-36-34-50(68-54)24-20-18-14-8-2/h25-40,43-44H,7-24,41-42H2,1-6H3. The van der Waals surface area contributed by atoms with E-state index in [1.807, 2.05) is 55.1 Å². The molecule has 70 heavy (non-hydrogen) atoms. The van der Waals surface area contributed by atoms with Crippen molar-refractivity contribution in [2.45, 2.75) is 157 Å². The molecule has 0 N–H and O–H groups in total. The first-order valence-electron chi connectivity index (χ1n) is 27.0. The van der Waals surface area contributed by atoms with Gasteiger partial charge in [-0.25, -0.2) is 0 Å². The number of aryl methyl sites for hydroxylation is 2. The Morgan fingerprint density at radius 2 is 0.714 bits per heavy atom. The molecule has 2 amide bonds. The van der Waals surface area contributed by atoms with Crippen LogP contribution in [0.3, 0.4) is 0 Å². The van der Waals surface area contributed by atoms with Gasteiger partial charge in [-0.1, -0.05) is 167 Å². The molecule has 0 spiro atoms. The number of amides is 2. The second-order valence-electron chi connectivity index (χ2n) is 19.7. The molecule has 2 unspecified atom stereocenters. The van der Waals surface area contributed by atoms with E-state index in [-0.39, 0.29) is 11.8 Å². The molecule has 2 aliphatic rings. The van der Waals surface area contributed by atoms with E-state index >= 15 is 9.59 Å². The Kier molecular flexibility index (Phi) is 18.8. The van der Waals surface area contributed by atoms with Crippen molar-refractivity contribution < 1.29 is 9.59 Å². The predicted molar refractivity (Wildman–Crippen MR) is 306 cm³/mol. The zero-order valence-corrected chi connectivity index (χ0v) is 46.1. The van der Waals surface area contributed by atoms with Gasteiger partial charge in [-0.3, -0.25) is 9.59 Å². The minimum atomic E-state index is -0.0345. The van der Waals surface area contributed by atoms with Crippen LogP contribution in [0.1, 0.15) is 165 Å². The molecule has 0 fully saturated rings. The molecule has 0 saturated heterocycles. The van der Waals surface area contributed by atoms with E-state index in [2.05, 4.69) is 139 Å². The van der Waals surface area contributed by atoms with Crippen molar-refractivity contribution in [2.24, 2.45) is 11.8 Å². The van der Waals surface area contributed by atoms with E-state index in [0.717, 1.165) is 97.9 Å². The van der Waals surface area contributed by atoms with Gasteiger partial charge >= 0.3 is 0 Å². The highest BCUT2D eigenvalue weighted by atomic mass is 32.1. The van der Waals surface area contributed by atoms with Crippen molar-refractivity contribution in [3.63, 3.8) is 0 Å². The molecule has 4 nitrogen and oxygen atoms in total. The smallest absolute Gasteiger partial charge is 0.261 e. The molecule has 2 atom stereocenters. The third-order valence-corrected chi connectivity index (χ3v) is 19.6. The maximum atomic E-state index is 15.4. The number of unbranched alkanes of at least 4 members (excludes halogenated alkanes) is 8. The number of carbonyl (C=O) groups excluding carboxylic acids is 2. The van der Waals surface area contributed by atoms with Gasteiger partial charge in [0.25, 0.3) is 11.8 Å². The van der Waals surface area contributed by atoms with Crippen LogP contribution < -0.4 is 0 Å². The summed E-state index contributed by atoms with van der Waals surface area (Å²) in [7, 11) is 0. The van der Waals surface area contributed by atoms with Gasteiger partial charge in [0.15, 0.2) is 0 Å². The van der Waals surface area contributed by atoms with Crippen LogP contribution >= 0.6 is 45.3 Å². The fourth-order valence-electron chi connectivity index (χ4n) is 10.3. The summed E-state index contributed by atoms with van der Waals surface area (Å²) in [6.07, 6.45) is 21.2. The minimum absolute atomic E-state index is 0.0345. The van der Waals surface area contributed by atoms with E-state index in [9.17, 15) is 0 Å². The fraction of sp³-hybridized carbons (Fsp3) is 0.452. The van der Waals surface area contributed by atoms with Crippen LogP contribution in [0.15, 0.2) is 108 Å². The monoisotopic (exact) mass is 1010 g/mol. The van der Waals surface area contributed by atoms with Gasteiger partial charge in [0, 0.05) is 52.1 Å². The van der Waals surface area contributed by atoms with Gasteiger partial charge in [-0.05, 0) is 121 Å². The van der Waals surface area contributed by atoms with Gasteiger partial charge in [0.2, 0.25) is 0 Å². The zero-order valence-electron chi connectivity index (χ0n) is 42.9. The van der Waals surface area contributed by atoms with Gasteiger partial charge in [0.1, 0.15) is 0 Å². The van der Waals surface area contributed by atoms with Crippen LogP contribution in [-0.2, 0) is 22.4 Å². The summed E-state index contributed by atoms with van der Waals surface area (Å²) in [4.78, 5) is 45.4. The Bertz CT molecular complexity index is 2520. The molecule has 4 aromatic heterocycles. The van der Waals surface area contributed by atoms with Crippen molar-refractivity contribution in [1.29, 1.82) is 0 Å². The lowest BCUT2D eigenvalue weighted by molar-refractivity contribution is -0.124. The predicted octanol–water partition coefficient (Wildman–Crippen LogP) is 19.1. The third kappa shape index (κ3) is 12.1. The van der Waals surface area contributed by atoms with Gasteiger partial charge in [-0.2, -0.15) is 0 Å². The number of benzene rings is 2. The van der Waals surface area contributed by atoms with Gasteiger partial charge < -0.3 is 9.80 Å². The molecule has 0 saturated carbocycles. The van der Waals surface area contributed by atoms with Gasteiger partial charge in [-0.15, -0.1) is 45.3 Å². The Hall–Kier alpha value is -4.34. The number of hydrogen-bond donors (Lipinski definition) is 0. The topological polar surface area (TPSA) is 40.6 Å². The van der Waals surface area contributed by atoms with Crippen molar-refractivity contribution in [1.82, 2.24) is 9.80 Å². The second-order valence-corrected chi connectivity index (χ2v) is 24.3. The SMILES string of the molecule is CCCCCCc1ccc(-c2ccc(-c3ccc(C4=C5C(=O)N(CC(CC)CCCC)C(c6ccc(-c7ccc(-c8ccc(CCCCCC)s8)s7)cc6)=C5C(=O)N4CC(CC)CCCC)cc3)s2)s1. The molecule has 2 aliphatic heterocycles. The number of nitrogens with zero attached hydrogens (tertiary/aromatic N) is 2. The number of fused-ring (bicyclic) bond motifs is 1. The normalized spacial score (nSPS) is 14.8. The highest BCUT2D eigenvalue weighted by Crippen LogP contribution is 2.49. The number of rotatable bonds is 28. The van der Waals surface area contributed by atoms with Crippen LogP contribution in [0.5, 0.6) is 0 Å². The summed E-state index contributed by atoms with van der Waals surface area (Å²) in [5.41, 5.74) is 6.90. The van der Waals surface area contributed by atoms with E-state index in [0.29, 0.717) is 36.1 Å². The van der Waals surface area contributed by atoms with E-state index in [1.54, 1.807) is 0 Å². The quantitative estimate of drug-likeness (QED) is 0.0460. The fourth-order valence-corrected chi connectivity index (χ4v) is 14.6. The lowest BCUT2D eigenvalue weighted by atomic mass is 9.97. The summed E-state index contributed by atoms with van der Waals surface area (Å²) in [6.45, 7) is 14.7. The van der Waals surface area contributed by atoms with Crippen LogP contribution in [0.25, 0.3) is 51.8 Å². The largest absolute Gasteiger partial charge is 0.307 e. The molecule has 6 aromatic rings. The van der Waals surface area contributed by atoms with Crippen molar-refractivity contribution in [2.75, 3.05) is 13.1 Å². The number of hydrogen-bond acceptors (Lipinski definition) is 6. The lowest BCUT2D eigenvalue weighted by Crippen LogP contribution is -2.34. The van der Waals surface area contributed by atoms with E-state index in [4.69, 9.17) is 0 Å². The van der Waals surface area contributed by atoms with Crippen LogP contribution in [0.4, 0.5) is 0 Å². The van der Waals surface area contributed by atoms with Crippen molar-refractivity contribution in [3.05, 3.63) is 129 Å². The van der Waals surface area contributed by atoms with Crippen molar-refractivity contribution in [3.8, 4) is 40.4 Å². The average Bonchev–Trinajstić information content (AvgIpc) is 4.27. The summed E-state index contributed by atoms with van der Waals surface area (Å²) >= 11 is 7.54. The molecule has 2 aromatic carbocycles. The first kappa shape index (κ1) is 52.0. The van der Waals surface area contributed by atoms with Crippen molar-refractivity contribution >= 4 is 68.6 Å². The number of thiophene rings is 4. The highest BCUT2D eigenvalue weighted by Gasteiger charge is 2.49. The molecular formula is C62H76N2O2S4.